The van der Waals surface area contributed by atoms with E-state index >= 15 is 0 Å². The predicted octanol–water partition coefficient (Wildman–Crippen LogP) is 2.35. The zero-order chi connectivity index (χ0) is 12.3. The lowest BCUT2D eigenvalue weighted by atomic mass is 9.97. The van der Waals surface area contributed by atoms with Gasteiger partial charge in [0, 0.05) is 5.56 Å². The van der Waals surface area contributed by atoms with Crippen LogP contribution in [0.2, 0.25) is 0 Å². The predicted molar refractivity (Wildman–Crippen MR) is 65.1 cm³/mol. The van der Waals surface area contributed by atoms with Gasteiger partial charge in [-0.25, -0.2) is 0 Å². The van der Waals surface area contributed by atoms with Crippen LogP contribution in [0, 0.1) is 0 Å². The average molecular weight is 221 g/mol. The monoisotopic (exact) mass is 221 g/mol. The van der Waals surface area contributed by atoms with Crippen LogP contribution < -0.4 is 10.5 Å². The summed E-state index contributed by atoms with van der Waals surface area (Å²) in [5.41, 5.74) is 7.28. The lowest BCUT2D eigenvalue weighted by Crippen LogP contribution is -2.26. The Hall–Kier alpha value is -1.35. The van der Waals surface area contributed by atoms with E-state index in [4.69, 9.17) is 10.5 Å². The molecule has 0 radical (unpaired) electrons. The highest BCUT2D eigenvalue weighted by atomic mass is 16.5. The molecule has 0 spiro atoms. The summed E-state index contributed by atoms with van der Waals surface area (Å²) in [6.07, 6.45) is 0. The Morgan fingerprint density at radius 1 is 1.31 bits per heavy atom. The first-order valence-corrected chi connectivity index (χ1v) is 5.45. The third-order valence-corrected chi connectivity index (χ3v) is 2.55. The van der Waals surface area contributed by atoms with Crippen molar-refractivity contribution in [2.45, 2.75) is 32.7 Å². The Bertz CT molecular complexity index is 384. The van der Waals surface area contributed by atoms with Gasteiger partial charge in [0.25, 0.3) is 0 Å². The van der Waals surface area contributed by atoms with E-state index < -0.39 is 6.04 Å². The van der Waals surface area contributed by atoms with Gasteiger partial charge in [0.15, 0.2) is 5.78 Å². The molecule has 1 rings (SSSR count). The number of carbonyl (C=O) groups is 1. The van der Waals surface area contributed by atoms with Crippen molar-refractivity contribution in [3.05, 3.63) is 29.3 Å². The molecule has 16 heavy (non-hydrogen) atoms. The molecule has 0 amide bonds. The number of methoxy groups -OCH3 is 1. The molecule has 0 saturated heterocycles. The van der Waals surface area contributed by atoms with Crippen LogP contribution in [-0.2, 0) is 0 Å². The van der Waals surface area contributed by atoms with Gasteiger partial charge in [0.05, 0.1) is 13.2 Å². The second kappa shape index (κ2) is 5.12. The number of ether oxygens (including phenoxy) is 1. The summed E-state index contributed by atoms with van der Waals surface area (Å²) in [7, 11) is 1.61. The third kappa shape index (κ3) is 2.61. The van der Waals surface area contributed by atoms with Gasteiger partial charge in [-0.2, -0.15) is 0 Å². The van der Waals surface area contributed by atoms with Crippen molar-refractivity contribution in [2.24, 2.45) is 5.73 Å². The fourth-order valence-electron chi connectivity index (χ4n) is 1.60. The second-order valence-corrected chi connectivity index (χ2v) is 4.26. The van der Waals surface area contributed by atoms with E-state index in [1.807, 2.05) is 12.1 Å². The van der Waals surface area contributed by atoms with Gasteiger partial charge in [-0.1, -0.05) is 26.0 Å². The van der Waals surface area contributed by atoms with Crippen molar-refractivity contribution in [3.8, 4) is 5.75 Å². The summed E-state index contributed by atoms with van der Waals surface area (Å²) in [6.45, 7) is 5.86. The first-order chi connectivity index (χ1) is 7.47. The van der Waals surface area contributed by atoms with Crippen molar-refractivity contribution in [1.82, 2.24) is 0 Å². The molecule has 3 heteroatoms. The maximum Gasteiger partial charge on any atom is 0.179 e. The van der Waals surface area contributed by atoms with E-state index in [0.29, 0.717) is 11.5 Å². The normalized spacial score (nSPS) is 12.6. The van der Waals surface area contributed by atoms with Gasteiger partial charge in [-0.15, -0.1) is 0 Å². The molecule has 0 heterocycles. The minimum absolute atomic E-state index is 0.0615. The van der Waals surface area contributed by atoms with Crippen molar-refractivity contribution >= 4 is 5.78 Å². The molecule has 0 aromatic heterocycles. The van der Waals surface area contributed by atoms with E-state index in [2.05, 4.69) is 13.8 Å². The summed E-state index contributed by atoms with van der Waals surface area (Å²) in [5, 5.41) is 0. The molecule has 1 unspecified atom stereocenters. The molecule has 1 aromatic carbocycles. The third-order valence-electron chi connectivity index (χ3n) is 2.55. The van der Waals surface area contributed by atoms with Gasteiger partial charge in [0.1, 0.15) is 5.75 Å². The number of carbonyl (C=O) groups excluding carboxylic acids is 1. The van der Waals surface area contributed by atoms with Gasteiger partial charge < -0.3 is 10.5 Å². The van der Waals surface area contributed by atoms with Crippen LogP contribution in [0.1, 0.15) is 42.6 Å². The quantitative estimate of drug-likeness (QED) is 0.794. The molecule has 88 valence electrons. The Labute approximate surface area is 96.6 Å². The molecule has 0 aliphatic heterocycles. The Morgan fingerprint density at radius 3 is 2.38 bits per heavy atom. The zero-order valence-electron chi connectivity index (χ0n) is 10.3. The lowest BCUT2D eigenvalue weighted by Gasteiger charge is -2.13. The standard InChI is InChI=1S/C13H19NO2/c1-8(2)11-6-5-10(7-12(11)16-4)13(15)9(3)14/h5-9H,14H2,1-4H3. The van der Waals surface area contributed by atoms with Crippen molar-refractivity contribution in [1.29, 1.82) is 0 Å². The van der Waals surface area contributed by atoms with Crippen LogP contribution in [0.5, 0.6) is 5.75 Å². The van der Waals surface area contributed by atoms with E-state index in [1.165, 1.54) is 0 Å². The number of ketones is 1. The SMILES string of the molecule is COc1cc(C(=O)C(C)N)ccc1C(C)C. The fourth-order valence-corrected chi connectivity index (χ4v) is 1.60. The summed E-state index contributed by atoms with van der Waals surface area (Å²) in [6, 6.07) is 5.03. The highest BCUT2D eigenvalue weighted by Crippen LogP contribution is 2.27. The van der Waals surface area contributed by atoms with Crippen LogP contribution in [-0.4, -0.2) is 18.9 Å². The van der Waals surface area contributed by atoms with E-state index in [9.17, 15) is 4.79 Å². The smallest absolute Gasteiger partial charge is 0.179 e. The largest absolute Gasteiger partial charge is 0.496 e. The van der Waals surface area contributed by atoms with Crippen LogP contribution in [0.25, 0.3) is 0 Å². The first-order valence-electron chi connectivity index (χ1n) is 5.45. The highest BCUT2D eigenvalue weighted by molar-refractivity contribution is 6.00. The van der Waals surface area contributed by atoms with Gasteiger partial charge in [-0.05, 0) is 24.5 Å². The second-order valence-electron chi connectivity index (χ2n) is 4.26. The molecule has 1 aromatic rings. The minimum atomic E-state index is -0.477. The summed E-state index contributed by atoms with van der Waals surface area (Å²) in [4.78, 5) is 11.7. The molecule has 0 aliphatic rings. The Morgan fingerprint density at radius 2 is 1.94 bits per heavy atom. The summed E-state index contributed by atoms with van der Waals surface area (Å²) >= 11 is 0. The highest BCUT2D eigenvalue weighted by Gasteiger charge is 2.14. The number of Topliss-reactive ketones (excluding diaryl/α,β-unsaturated/α-hetero) is 1. The molecule has 3 nitrogen and oxygen atoms in total. The zero-order valence-corrected chi connectivity index (χ0v) is 10.3. The molecular formula is C13H19NO2. The number of benzene rings is 1. The van der Waals surface area contributed by atoms with Crippen molar-refractivity contribution in [3.63, 3.8) is 0 Å². The molecule has 1 atom stereocenters. The summed E-state index contributed by atoms with van der Waals surface area (Å²) in [5.74, 6) is 1.06. The Kier molecular flexibility index (Phi) is 4.07. The van der Waals surface area contributed by atoms with Crippen molar-refractivity contribution in [2.75, 3.05) is 7.11 Å². The Balaban J connectivity index is 3.14. The van der Waals surface area contributed by atoms with Gasteiger partial charge in [-0.3, -0.25) is 4.79 Å². The van der Waals surface area contributed by atoms with Crippen LogP contribution in [0.15, 0.2) is 18.2 Å². The van der Waals surface area contributed by atoms with E-state index in [-0.39, 0.29) is 5.78 Å². The minimum Gasteiger partial charge on any atom is -0.496 e. The number of rotatable bonds is 4. The average Bonchev–Trinajstić information content (AvgIpc) is 2.26. The van der Waals surface area contributed by atoms with Crippen LogP contribution in [0.4, 0.5) is 0 Å². The molecular weight excluding hydrogens is 202 g/mol. The maximum atomic E-state index is 11.7. The topological polar surface area (TPSA) is 52.3 Å². The fraction of sp³-hybridized carbons (Fsp3) is 0.462. The van der Waals surface area contributed by atoms with Crippen LogP contribution in [0.3, 0.4) is 0 Å². The maximum absolute atomic E-state index is 11.7. The molecule has 0 aliphatic carbocycles. The molecule has 2 N–H and O–H groups in total. The molecule has 0 saturated carbocycles. The summed E-state index contributed by atoms with van der Waals surface area (Å²) < 4.78 is 5.28. The van der Waals surface area contributed by atoms with E-state index in [1.54, 1.807) is 20.1 Å². The van der Waals surface area contributed by atoms with Crippen molar-refractivity contribution < 1.29 is 9.53 Å². The number of hydrogen-bond donors (Lipinski definition) is 1. The number of nitrogens with two attached hydrogens (primary N) is 1. The van der Waals surface area contributed by atoms with Gasteiger partial charge >= 0.3 is 0 Å². The lowest BCUT2D eigenvalue weighted by molar-refractivity contribution is 0.0967. The number of hydrogen-bond acceptors (Lipinski definition) is 3. The molecule has 0 fully saturated rings. The van der Waals surface area contributed by atoms with Gasteiger partial charge in [0.2, 0.25) is 0 Å². The van der Waals surface area contributed by atoms with E-state index in [0.717, 1.165) is 11.3 Å². The molecule has 0 bridgehead atoms. The first kappa shape index (κ1) is 12.7. The van der Waals surface area contributed by atoms with Crippen LogP contribution >= 0.6 is 0 Å².